The number of hydrogen-bond donors (Lipinski definition) is 3. The van der Waals surface area contributed by atoms with E-state index < -0.39 is 12.1 Å². The maximum absolute atomic E-state index is 11.3. The van der Waals surface area contributed by atoms with E-state index in [4.69, 9.17) is 20.5 Å². The molecule has 1 aromatic rings. The monoisotopic (exact) mass is 322 g/mol. The van der Waals surface area contributed by atoms with Crippen molar-refractivity contribution in [2.75, 3.05) is 6.61 Å². The van der Waals surface area contributed by atoms with Gasteiger partial charge in [0.15, 0.2) is 0 Å². The molecule has 0 heterocycles. The summed E-state index contributed by atoms with van der Waals surface area (Å²) in [5, 5.41) is 7.12. The zero-order valence-electron chi connectivity index (χ0n) is 12.0. The number of carbonyl (C=O) groups excluding carboxylic acids is 1. The van der Waals surface area contributed by atoms with Crippen LogP contribution < -0.4 is 11.3 Å². The number of carboxylic acids is 1. The van der Waals surface area contributed by atoms with Gasteiger partial charge in [-0.15, -0.1) is 0 Å². The van der Waals surface area contributed by atoms with Crippen molar-refractivity contribution in [2.24, 2.45) is 5.84 Å². The molecule has 0 spiro atoms. The fraction of sp³-hybridized carbons (Fsp3) is 0.385. The molecule has 0 aliphatic carbocycles. The number of aliphatic carboxylic acids is 1. The predicted octanol–water partition coefficient (Wildman–Crippen LogP) is 2.02. The smallest absolute Gasteiger partial charge is 0.475 e. The van der Waals surface area contributed by atoms with Crippen LogP contribution >= 0.6 is 0 Å². The third-order valence-corrected chi connectivity index (χ3v) is 2.41. The van der Waals surface area contributed by atoms with E-state index in [-0.39, 0.29) is 12.0 Å². The van der Waals surface area contributed by atoms with Crippen LogP contribution in [0.15, 0.2) is 24.3 Å². The summed E-state index contributed by atoms with van der Waals surface area (Å²) in [6.45, 7) is 4.12. The molecule has 0 fully saturated rings. The van der Waals surface area contributed by atoms with E-state index in [9.17, 15) is 18.0 Å². The fourth-order valence-electron chi connectivity index (χ4n) is 1.22. The predicted molar refractivity (Wildman–Crippen MR) is 71.8 cm³/mol. The van der Waals surface area contributed by atoms with Gasteiger partial charge in [0.05, 0.1) is 12.2 Å². The summed E-state index contributed by atoms with van der Waals surface area (Å²) < 4.78 is 36.6. The molecule has 1 atom stereocenters. The maximum Gasteiger partial charge on any atom is 0.490 e. The van der Waals surface area contributed by atoms with Crippen LogP contribution in [0, 0.1) is 0 Å². The van der Waals surface area contributed by atoms with Crippen LogP contribution in [0.2, 0.25) is 0 Å². The number of esters is 1. The van der Waals surface area contributed by atoms with Crippen molar-refractivity contribution < 1.29 is 32.6 Å². The zero-order chi connectivity index (χ0) is 17.3. The number of nitrogens with one attached hydrogen (secondary N) is 1. The van der Waals surface area contributed by atoms with Crippen molar-refractivity contribution in [1.29, 1.82) is 0 Å². The van der Waals surface area contributed by atoms with Crippen LogP contribution in [0.25, 0.3) is 0 Å². The molecule has 0 saturated carbocycles. The Morgan fingerprint density at radius 2 is 1.77 bits per heavy atom. The highest BCUT2D eigenvalue weighted by Crippen LogP contribution is 2.13. The SMILES string of the molecule is CCOC(=O)c1ccc([C@H](C)NN)cc1.O=C(O)C(F)(F)F. The van der Waals surface area contributed by atoms with Crippen molar-refractivity contribution >= 4 is 11.9 Å². The van der Waals surface area contributed by atoms with Gasteiger partial charge < -0.3 is 9.84 Å². The van der Waals surface area contributed by atoms with E-state index in [2.05, 4.69) is 5.43 Å². The number of benzene rings is 1. The molecule has 0 bridgehead atoms. The van der Waals surface area contributed by atoms with Gasteiger partial charge in [-0.05, 0) is 31.5 Å². The summed E-state index contributed by atoms with van der Waals surface area (Å²) in [7, 11) is 0. The standard InChI is InChI=1S/C11H16N2O2.C2HF3O2/c1-3-15-11(14)10-6-4-9(5-7-10)8(2)13-12;3-2(4,5)1(6)7/h4-8,13H,3,12H2,1-2H3;(H,6,7)/t8-;/m0./s1. The number of hydrazine groups is 1. The van der Waals surface area contributed by atoms with Crippen molar-refractivity contribution in [3.63, 3.8) is 0 Å². The molecule has 124 valence electrons. The second-order valence-corrected chi connectivity index (χ2v) is 4.03. The second-order valence-electron chi connectivity index (χ2n) is 4.03. The summed E-state index contributed by atoms with van der Waals surface area (Å²) in [4.78, 5) is 20.2. The second kappa shape index (κ2) is 9.00. The van der Waals surface area contributed by atoms with Gasteiger partial charge in [-0.2, -0.15) is 13.2 Å². The highest BCUT2D eigenvalue weighted by Gasteiger charge is 2.38. The van der Waals surface area contributed by atoms with Crippen LogP contribution in [0.3, 0.4) is 0 Å². The Kier molecular flexibility index (Phi) is 8.13. The molecule has 0 amide bonds. The molecule has 22 heavy (non-hydrogen) atoms. The van der Waals surface area contributed by atoms with Gasteiger partial charge in [0.25, 0.3) is 0 Å². The number of ether oxygens (including phenoxy) is 1. The van der Waals surface area contributed by atoms with Gasteiger partial charge in [0.2, 0.25) is 0 Å². The Balaban J connectivity index is 0.000000534. The number of carboxylic acid groups (broad SMARTS) is 1. The topological polar surface area (TPSA) is 102 Å². The van der Waals surface area contributed by atoms with E-state index in [1.807, 2.05) is 19.1 Å². The van der Waals surface area contributed by atoms with Crippen molar-refractivity contribution in [2.45, 2.75) is 26.1 Å². The lowest BCUT2D eigenvalue weighted by molar-refractivity contribution is -0.192. The highest BCUT2D eigenvalue weighted by atomic mass is 19.4. The lowest BCUT2D eigenvalue weighted by Gasteiger charge is -2.10. The molecule has 1 rings (SSSR count). The number of nitrogens with two attached hydrogens (primary N) is 1. The first-order chi connectivity index (χ1) is 10.1. The van der Waals surface area contributed by atoms with Gasteiger partial charge in [0, 0.05) is 6.04 Å². The van der Waals surface area contributed by atoms with Gasteiger partial charge in [0.1, 0.15) is 0 Å². The Hall–Kier alpha value is -2.13. The molecule has 6 nitrogen and oxygen atoms in total. The molecular weight excluding hydrogens is 305 g/mol. The first kappa shape index (κ1) is 19.9. The van der Waals surface area contributed by atoms with Gasteiger partial charge in [-0.25, -0.2) is 9.59 Å². The average molecular weight is 322 g/mol. The molecule has 0 unspecified atom stereocenters. The van der Waals surface area contributed by atoms with Gasteiger partial charge in [-0.3, -0.25) is 11.3 Å². The summed E-state index contributed by atoms with van der Waals surface area (Å²) in [6.07, 6.45) is -5.08. The molecule has 0 aliphatic heterocycles. The third-order valence-electron chi connectivity index (χ3n) is 2.41. The molecule has 1 aromatic carbocycles. The Morgan fingerprint density at radius 3 is 2.09 bits per heavy atom. The van der Waals surface area contributed by atoms with E-state index in [1.165, 1.54) is 0 Å². The molecule has 0 radical (unpaired) electrons. The Labute approximate surface area is 125 Å². The normalized spacial score (nSPS) is 11.9. The number of rotatable bonds is 4. The van der Waals surface area contributed by atoms with Crippen LogP contribution in [-0.4, -0.2) is 29.8 Å². The first-order valence-electron chi connectivity index (χ1n) is 6.16. The molecule has 0 aliphatic rings. The van der Waals surface area contributed by atoms with Crippen molar-refractivity contribution in [3.05, 3.63) is 35.4 Å². The molecule has 0 aromatic heterocycles. The molecule has 0 saturated heterocycles. The maximum atomic E-state index is 11.3. The Morgan fingerprint density at radius 1 is 1.32 bits per heavy atom. The van der Waals surface area contributed by atoms with Crippen LogP contribution in [0.1, 0.15) is 35.8 Å². The van der Waals surface area contributed by atoms with Crippen LogP contribution in [-0.2, 0) is 9.53 Å². The molecule has 4 N–H and O–H groups in total. The minimum absolute atomic E-state index is 0.0706. The van der Waals surface area contributed by atoms with Crippen LogP contribution in [0.5, 0.6) is 0 Å². The summed E-state index contributed by atoms with van der Waals surface area (Å²) in [6, 6.07) is 7.26. The van der Waals surface area contributed by atoms with E-state index in [0.717, 1.165) is 5.56 Å². The number of alkyl halides is 3. The number of halogens is 3. The number of hydrogen-bond acceptors (Lipinski definition) is 5. The minimum atomic E-state index is -5.08. The number of carbonyl (C=O) groups is 2. The molecule has 9 heteroatoms. The third kappa shape index (κ3) is 7.04. The lowest BCUT2D eigenvalue weighted by Crippen LogP contribution is -2.25. The molecular formula is C13H17F3N2O4. The largest absolute Gasteiger partial charge is 0.490 e. The minimum Gasteiger partial charge on any atom is -0.475 e. The summed E-state index contributed by atoms with van der Waals surface area (Å²) >= 11 is 0. The van der Waals surface area contributed by atoms with E-state index >= 15 is 0 Å². The zero-order valence-corrected chi connectivity index (χ0v) is 12.0. The summed E-state index contributed by atoms with van der Waals surface area (Å²) in [5.41, 5.74) is 4.23. The van der Waals surface area contributed by atoms with Crippen molar-refractivity contribution in [3.8, 4) is 0 Å². The van der Waals surface area contributed by atoms with E-state index in [0.29, 0.717) is 12.2 Å². The average Bonchev–Trinajstić information content (AvgIpc) is 2.46. The first-order valence-corrected chi connectivity index (χ1v) is 6.16. The van der Waals surface area contributed by atoms with Crippen molar-refractivity contribution in [1.82, 2.24) is 5.43 Å². The van der Waals surface area contributed by atoms with Crippen LogP contribution in [0.4, 0.5) is 13.2 Å². The van der Waals surface area contributed by atoms with Gasteiger partial charge in [-0.1, -0.05) is 12.1 Å². The summed E-state index contributed by atoms with van der Waals surface area (Å²) in [5.74, 6) is 2.26. The lowest BCUT2D eigenvalue weighted by atomic mass is 10.1. The van der Waals surface area contributed by atoms with Gasteiger partial charge >= 0.3 is 18.1 Å². The quantitative estimate of drug-likeness (QED) is 0.445. The Bertz CT molecular complexity index is 489. The fourth-order valence-corrected chi connectivity index (χ4v) is 1.22. The highest BCUT2D eigenvalue weighted by molar-refractivity contribution is 5.89. The van der Waals surface area contributed by atoms with E-state index in [1.54, 1.807) is 19.1 Å².